The average Bonchev–Trinajstić information content (AvgIpc) is 3.15. The number of amides is 1. The summed E-state index contributed by atoms with van der Waals surface area (Å²) in [7, 11) is 1.60. The van der Waals surface area contributed by atoms with Crippen LogP contribution in [0.2, 0.25) is 5.02 Å². The van der Waals surface area contributed by atoms with Crippen molar-refractivity contribution in [2.75, 3.05) is 18.2 Å². The summed E-state index contributed by atoms with van der Waals surface area (Å²) < 4.78 is 6.74. The molecule has 2 heterocycles. The number of halogens is 1. The van der Waals surface area contributed by atoms with Gasteiger partial charge in [-0.2, -0.15) is 9.61 Å². The number of carbonyl (C=O) groups excluding carboxylic acids is 1. The number of ether oxygens (including phenoxy) is 1. The van der Waals surface area contributed by atoms with Crippen LogP contribution in [0.3, 0.4) is 0 Å². The second-order valence-corrected chi connectivity index (χ2v) is 7.42. The minimum Gasteiger partial charge on any atom is -0.497 e. The highest BCUT2D eigenvalue weighted by Crippen LogP contribution is 2.22. The Morgan fingerprint density at radius 2 is 1.83 bits per heavy atom. The number of rotatable bonds is 6. The molecule has 0 atom stereocenters. The predicted octanol–water partition coefficient (Wildman–Crippen LogP) is 4.18. The van der Waals surface area contributed by atoms with Crippen LogP contribution < -0.4 is 10.1 Å². The molecule has 9 heteroatoms. The summed E-state index contributed by atoms with van der Waals surface area (Å²) in [6, 6.07) is 18.3. The van der Waals surface area contributed by atoms with E-state index >= 15 is 0 Å². The van der Waals surface area contributed by atoms with E-state index in [9.17, 15) is 4.79 Å². The maximum absolute atomic E-state index is 12.3. The zero-order chi connectivity index (χ0) is 20.2. The number of hydrogen-bond acceptors (Lipinski definition) is 6. The highest BCUT2D eigenvalue weighted by molar-refractivity contribution is 7.99. The standard InChI is InChI=1S/C20H16ClN5O2S/c1-28-16-8-6-15(7-9-16)22-19(27)12-29-20-24-23-18-11-10-17(25-26(18)20)13-2-4-14(21)5-3-13/h2-11H,12H2,1H3,(H,22,27). The van der Waals surface area contributed by atoms with Gasteiger partial charge in [0.2, 0.25) is 11.1 Å². The molecule has 1 N–H and O–H groups in total. The van der Waals surface area contributed by atoms with Crippen LogP contribution in [0.5, 0.6) is 5.75 Å². The first-order valence-electron chi connectivity index (χ1n) is 8.67. The van der Waals surface area contributed by atoms with Crippen molar-refractivity contribution in [2.45, 2.75) is 5.16 Å². The van der Waals surface area contributed by atoms with Gasteiger partial charge in [-0.05, 0) is 48.5 Å². The van der Waals surface area contributed by atoms with E-state index in [-0.39, 0.29) is 11.7 Å². The van der Waals surface area contributed by atoms with Crippen LogP contribution in [0.1, 0.15) is 0 Å². The second-order valence-electron chi connectivity index (χ2n) is 6.04. The lowest BCUT2D eigenvalue weighted by Gasteiger charge is -2.06. The predicted molar refractivity (Wildman–Crippen MR) is 114 cm³/mol. The van der Waals surface area contributed by atoms with Gasteiger partial charge in [0.15, 0.2) is 5.65 Å². The summed E-state index contributed by atoms with van der Waals surface area (Å²) in [5.41, 5.74) is 3.00. The minimum atomic E-state index is -0.147. The summed E-state index contributed by atoms with van der Waals surface area (Å²) in [5, 5.41) is 16.9. The second kappa shape index (κ2) is 8.50. The fourth-order valence-electron chi connectivity index (χ4n) is 2.64. The van der Waals surface area contributed by atoms with Gasteiger partial charge in [-0.1, -0.05) is 35.5 Å². The molecule has 0 aliphatic carbocycles. The Morgan fingerprint density at radius 1 is 1.07 bits per heavy atom. The van der Waals surface area contributed by atoms with E-state index < -0.39 is 0 Å². The molecule has 0 radical (unpaired) electrons. The smallest absolute Gasteiger partial charge is 0.234 e. The van der Waals surface area contributed by atoms with Gasteiger partial charge in [0, 0.05) is 16.3 Å². The van der Waals surface area contributed by atoms with E-state index in [1.807, 2.05) is 36.4 Å². The number of thioether (sulfide) groups is 1. The van der Waals surface area contributed by atoms with Crippen molar-refractivity contribution in [1.29, 1.82) is 0 Å². The molecule has 0 aliphatic rings. The molecule has 4 rings (SSSR count). The zero-order valence-corrected chi connectivity index (χ0v) is 16.9. The number of fused-ring (bicyclic) bond motifs is 1. The van der Waals surface area contributed by atoms with Crippen LogP contribution in [0, 0.1) is 0 Å². The lowest BCUT2D eigenvalue weighted by atomic mass is 10.1. The number of aromatic nitrogens is 4. The highest BCUT2D eigenvalue weighted by atomic mass is 35.5. The number of nitrogens with zero attached hydrogens (tertiary/aromatic N) is 4. The maximum Gasteiger partial charge on any atom is 0.234 e. The molecule has 1 amide bonds. The Labute approximate surface area is 176 Å². The molecule has 0 saturated heterocycles. The monoisotopic (exact) mass is 425 g/mol. The Balaban J connectivity index is 1.46. The number of carbonyl (C=O) groups is 1. The molecule has 0 aliphatic heterocycles. The molecule has 0 spiro atoms. The van der Waals surface area contributed by atoms with Gasteiger partial charge in [0.05, 0.1) is 18.6 Å². The van der Waals surface area contributed by atoms with Crippen molar-refractivity contribution in [3.8, 4) is 17.0 Å². The van der Waals surface area contributed by atoms with Crippen molar-refractivity contribution >= 4 is 40.6 Å². The third kappa shape index (κ3) is 4.49. The summed E-state index contributed by atoms with van der Waals surface area (Å²) in [5.74, 6) is 0.764. The van der Waals surface area contributed by atoms with Crippen LogP contribution in [0.15, 0.2) is 65.8 Å². The molecule has 0 unspecified atom stereocenters. The first-order valence-corrected chi connectivity index (χ1v) is 10.0. The third-order valence-corrected chi connectivity index (χ3v) is 5.25. The molecule has 2 aromatic heterocycles. The number of anilines is 1. The van der Waals surface area contributed by atoms with Crippen LogP contribution in [0.25, 0.3) is 16.9 Å². The quantitative estimate of drug-likeness (QED) is 0.466. The normalized spacial score (nSPS) is 10.8. The van der Waals surface area contributed by atoms with Gasteiger partial charge in [-0.15, -0.1) is 10.2 Å². The molecular weight excluding hydrogens is 410 g/mol. The van der Waals surface area contributed by atoms with Crippen molar-refractivity contribution in [3.05, 3.63) is 65.7 Å². The van der Waals surface area contributed by atoms with Gasteiger partial charge < -0.3 is 10.1 Å². The fraction of sp³-hybridized carbons (Fsp3) is 0.100. The largest absolute Gasteiger partial charge is 0.497 e. The topological polar surface area (TPSA) is 81.4 Å². The molecule has 0 saturated carbocycles. The van der Waals surface area contributed by atoms with Crippen LogP contribution >= 0.6 is 23.4 Å². The molecular formula is C20H16ClN5O2S. The van der Waals surface area contributed by atoms with Gasteiger partial charge in [0.1, 0.15) is 5.75 Å². The fourth-order valence-corrected chi connectivity index (χ4v) is 3.45. The number of benzene rings is 2. The molecule has 29 heavy (non-hydrogen) atoms. The lowest BCUT2D eigenvalue weighted by Crippen LogP contribution is -2.14. The average molecular weight is 426 g/mol. The number of hydrogen-bond donors (Lipinski definition) is 1. The van der Waals surface area contributed by atoms with Gasteiger partial charge >= 0.3 is 0 Å². The van der Waals surface area contributed by atoms with Crippen LogP contribution in [0.4, 0.5) is 5.69 Å². The minimum absolute atomic E-state index is 0.147. The van der Waals surface area contributed by atoms with Crippen molar-refractivity contribution in [2.24, 2.45) is 0 Å². The first kappa shape index (κ1) is 19.2. The summed E-state index contributed by atoms with van der Waals surface area (Å²) in [4.78, 5) is 12.3. The van der Waals surface area contributed by atoms with E-state index in [2.05, 4.69) is 20.6 Å². The first-order chi connectivity index (χ1) is 14.1. The van der Waals surface area contributed by atoms with Gasteiger partial charge in [-0.3, -0.25) is 4.79 Å². The Morgan fingerprint density at radius 3 is 2.55 bits per heavy atom. The van der Waals surface area contributed by atoms with Gasteiger partial charge in [0.25, 0.3) is 0 Å². The van der Waals surface area contributed by atoms with Crippen molar-refractivity contribution in [1.82, 2.24) is 19.8 Å². The summed E-state index contributed by atoms with van der Waals surface area (Å²) in [6.07, 6.45) is 0. The highest BCUT2D eigenvalue weighted by Gasteiger charge is 2.12. The number of nitrogens with one attached hydrogen (secondary N) is 1. The van der Waals surface area contributed by atoms with E-state index in [4.69, 9.17) is 16.3 Å². The molecule has 7 nitrogen and oxygen atoms in total. The molecule has 0 bridgehead atoms. The Bertz CT molecular complexity index is 1150. The SMILES string of the molecule is COc1ccc(NC(=O)CSc2nnc3ccc(-c4ccc(Cl)cc4)nn23)cc1. The van der Waals surface area contributed by atoms with Crippen molar-refractivity contribution in [3.63, 3.8) is 0 Å². The Kier molecular flexibility index (Phi) is 5.64. The molecule has 4 aromatic rings. The summed E-state index contributed by atoms with van der Waals surface area (Å²) in [6.45, 7) is 0. The number of methoxy groups -OCH3 is 1. The maximum atomic E-state index is 12.3. The Hall–Kier alpha value is -3.10. The summed E-state index contributed by atoms with van der Waals surface area (Å²) >= 11 is 7.22. The molecule has 146 valence electrons. The third-order valence-electron chi connectivity index (χ3n) is 4.08. The molecule has 2 aromatic carbocycles. The van der Waals surface area contributed by atoms with E-state index in [0.29, 0.717) is 21.5 Å². The van der Waals surface area contributed by atoms with Gasteiger partial charge in [-0.25, -0.2) is 0 Å². The van der Waals surface area contributed by atoms with E-state index in [1.165, 1.54) is 11.8 Å². The van der Waals surface area contributed by atoms with Crippen molar-refractivity contribution < 1.29 is 9.53 Å². The van der Waals surface area contributed by atoms with Crippen LogP contribution in [-0.4, -0.2) is 38.6 Å². The van der Waals surface area contributed by atoms with E-state index in [0.717, 1.165) is 17.0 Å². The lowest BCUT2D eigenvalue weighted by molar-refractivity contribution is -0.113. The van der Waals surface area contributed by atoms with Crippen LogP contribution in [-0.2, 0) is 4.79 Å². The van der Waals surface area contributed by atoms with E-state index in [1.54, 1.807) is 35.9 Å². The molecule has 0 fully saturated rings. The zero-order valence-electron chi connectivity index (χ0n) is 15.4.